The minimum atomic E-state index is -0.896. The first-order valence-electron chi connectivity index (χ1n) is 7.61. The molecule has 1 aliphatic heterocycles. The minimum absolute atomic E-state index is 0.0370. The zero-order valence-corrected chi connectivity index (χ0v) is 12.9. The molecule has 120 valence electrons. The molecule has 0 saturated carbocycles. The van der Waals surface area contributed by atoms with Gasteiger partial charge >= 0.3 is 5.97 Å². The summed E-state index contributed by atoms with van der Waals surface area (Å²) in [7, 11) is 0. The van der Waals surface area contributed by atoms with Crippen molar-refractivity contribution in [3.05, 3.63) is 41.7 Å². The van der Waals surface area contributed by atoms with E-state index in [0.717, 1.165) is 17.5 Å². The smallest absolute Gasteiger partial charge is 0.305 e. The van der Waals surface area contributed by atoms with E-state index in [1.165, 1.54) is 0 Å². The van der Waals surface area contributed by atoms with Gasteiger partial charge in [-0.1, -0.05) is 35.0 Å². The van der Waals surface area contributed by atoms with E-state index in [1.807, 2.05) is 31.2 Å². The molecule has 1 atom stereocenters. The first-order chi connectivity index (χ1) is 11.0. The van der Waals surface area contributed by atoms with Crippen molar-refractivity contribution in [1.82, 2.24) is 10.1 Å². The summed E-state index contributed by atoms with van der Waals surface area (Å²) in [6.45, 7) is 2.55. The molecule has 2 aromatic rings. The highest BCUT2D eigenvalue weighted by Crippen LogP contribution is 2.25. The number of carboxylic acid groups (broad SMARTS) is 1. The number of nitrogens with zero attached hydrogens (tertiary/aromatic N) is 2. The van der Waals surface area contributed by atoms with E-state index in [9.17, 15) is 9.59 Å². The quantitative estimate of drug-likeness (QED) is 0.938. The van der Waals surface area contributed by atoms with Crippen LogP contribution >= 0.6 is 0 Å². The molecule has 0 bridgehead atoms. The topological polar surface area (TPSA) is 83.6 Å². The molecule has 2 heterocycles. The van der Waals surface area contributed by atoms with Crippen LogP contribution in [-0.2, 0) is 4.79 Å². The van der Waals surface area contributed by atoms with Crippen LogP contribution in [0.4, 0.5) is 0 Å². The molecule has 6 nitrogen and oxygen atoms in total. The Kier molecular flexibility index (Phi) is 4.14. The number of benzene rings is 1. The maximum absolute atomic E-state index is 12.5. The first-order valence-corrected chi connectivity index (χ1v) is 7.61. The van der Waals surface area contributed by atoms with Crippen molar-refractivity contribution in [2.75, 3.05) is 6.54 Å². The van der Waals surface area contributed by atoms with Gasteiger partial charge in [-0.15, -0.1) is 0 Å². The molecule has 1 aliphatic rings. The molecule has 1 saturated heterocycles. The van der Waals surface area contributed by atoms with Crippen LogP contribution in [0.2, 0.25) is 0 Å². The average molecular weight is 314 g/mol. The number of carbonyl (C=O) groups excluding carboxylic acids is 1. The Hall–Kier alpha value is -2.63. The summed E-state index contributed by atoms with van der Waals surface area (Å²) in [5.74, 6) is -1.04. The van der Waals surface area contributed by atoms with Crippen LogP contribution < -0.4 is 0 Å². The number of hydrogen-bond donors (Lipinski definition) is 1. The van der Waals surface area contributed by atoms with Crippen LogP contribution in [0.15, 0.2) is 34.9 Å². The molecule has 3 rings (SSSR count). The molecular formula is C17H18N2O4. The third-order valence-corrected chi connectivity index (χ3v) is 4.12. The standard InChI is InChI=1S/C17H18N2O4/c1-11-4-6-12(7-5-11)14-10-15(23-18-14)17(22)19-8-2-3-13(19)9-16(20)21/h4-7,10,13H,2-3,8-9H2,1H3,(H,20,21). The predicted octanol–water partition coefficient (Wildman–Crippen LogP) is 2.73. The van der Waals surface area contributed by atoms with Gasteiger partial charge in [0.25, 0.3) is 5.91 Å². The van der Waals surface area contributed by atoms with Gasteiger partial charge in [-0.2, -0.15) is 0 Å². The van der Waals surface area contributed by atoms with Gasteiger partial charge in [0.15, 0.2) is 0 Å². The van der Waals surface area contributed by atoms with Crippen LogP contribution in [0, 0.1) is 6.92 Å². The van der Waals surface area contributed by atoms with E-state index in [2.05, 4.69) is 5.16 Å². The second-order valence-electron chi connectivity index (χ2n) is 5.83. The predicted molar refractivity (Wildman–Crippen MR) is 83.0 cm³/mol. The Balaban J connectivity index is 1.78. The molecular weight excluding hydrogens is 296 g/mol. The number of aromatic nitrogens is 1. The lowest BCUT2D eigenvalue weighted by Gasteiger charge is -2.21. The van der Waals surface area contributed by atoms with Gasteiger partial charge in [-0.3, -0.25) is 9.59 Å². The Morgan fingerprint density at radius 3 is 2.78 bits per heavy atom. The summed E-state index contributed by atoms with van der Waals surface area (Å²) in [5.41, 5.74) is 2.62. The maximum Gasteiger partial charge on any atom is 0.305 e. The van der Waals surface area contributed by atoms with Gasteiger partial charge in [-0.05, 0) is 19.8 Å². The highest BCUT2D eigenvalue weighted by atomic mass is 16.5. The van der Waals surface area contributed by atoms with Gasteiger partial charge in [0.2, 0.25) is 5.76 Å². The first kappa shape index (κ1) is 15.3. The lowest BCUT2D eigenvalue weighted by molar-refractivity contribution is -0.137. The molecule has 23 heavy (non-hydrogen) atoms. The van der Waals surface area contributed by atoms with Crippen molar-refractivity contribution in [1.29, 1.82) is 0 Å². The minimum Gasteiger partial charge on any atom is -0.481 e. The molecule has 1 aromatic heterocycles. The fraction of sp³-hybridized carbons (Fsp3) is 0.353. The number of aliphatic carboxylic acids is 1. The number of likely N-dealkylation sites (tertiary alicyclic amines) is 1. The van der Waals surface area contributed by atoms with Crippen molar-refractivity contribution in [2.24, 2.45) is 0 Å². The van der Waals surface area contributed by atoms with Crippen LogP contribution in [0.1, 0.15) is 35.4 Å². The highest BCUT2D eigenvalue weighted by molar-refractivity contribution is 5.93. The van der Waals surface area contributed by atoms with Crippen LogP contribution in [-0.4, -0.2) is 39.6 Å². The van der Waals surface area contributed by atoms with E-state index in [-0.39, 0.29) is 24.1 Å². The third kappa shape index (κ3) is 3.26. The fourth-order valence-electron chi connectivity index (χ4n) is 2.89. The highest BCUT2D eigenvalue weighted by Gasteiger charge is 2.32. The number of aryl methyl sites for hydroxylation is 1. The fourth-order valence-corrected chi connectivity index (χ4v) is 2.89. The summed E-state index contributed by atoms with van der Waals surface area (Å²) in [5, 5.41) is 12.9. The number of carbonyl (C=O) groups is 2. The van der Waals surface area contributed by atoms with Crippen molar-refractivity contribution in [3.8, 4) is 11.3 Å². The molecule has 0 aliphatic carbocycles. The van der Waals surface area contributed by atoms with Gasteiger partial charge in [0.1, 0.15) is 5.69 Å². The lowest BCUT2D eigenvalue weighted by Crippen LogP contribution is -2.36. The molecule has 0 spiro atoms. The van der Waals surface area contributed by atoms with Gasteiger partial charge in [0.05, 0.1) is 6.42 Å². The number of amides is 1. The third-order valence-electron chi connectivity index (χ3n) is 4.12. The number of carboxylic acids is 1. The summed E-state index contributed by atoms with van der Waals surface area (Å²) >= 11 is 0. The summed E-state index contributed by atoms with van der Waals surface area (Å²) < 4.78 is 5.19. The average Bonchev–Trinajstić information content (AvgIpc) is 3.16. The zero-order valence-electron chi connectivity index (χ0n) is 12.9. The molecule has 1 aromatic carbocycles. The van der Waals surface area contributed by atoms with Crippen LogP contribution in [0.5, 0.6) is 0 Å². The summed E-state index contributed by atoms with van der Waals surface area (Å²) in [6, 6.07) is 9.12. The van der Waals surface area contributed by atoms with Crippen molar-refractivity contribution in [2.45, 2.75) is 32.2 Å². The molecule has 1 fully saturated rings. The van der Waals surface area contributed by atoms with Crippen molar-refractivity contribution < 1.29 is 19.2 Å². The summed E-state index contributed by atoms with van der Waals surface area (Å²) in [6.07, 6.45) is 1.48. The summed E-state index contributed by atoms with van der Waals surface area (Å²) in [4.78, 5) is 25.0. The Bertz CT molecular complexity index is 720. The molecule has 1 amide bonds. The Labute approximate surface area is 133 Å². The SMILES string of the molecule is Cc1ccc(-c2cc(C(=O)N3CCCC3CC(=O)O)on2)cc1. The largest absolute Gasteiger partial charge is 0.481 e. The normalized spacial score (nSPS) is 17.4. The van der Waals surface area contributed by atoms with Gasteiger partial charge in [0, 0.05) is 24.2 Å². The molecule has 0 radical (unpaired) electrons. The molecule has 6 heteroatoms. The number of rotatable bonds is 4. The molecule has 1 N–H and O–H groups in total. The van der Waals surface area contributed by atoms with Crippen molar-refractivity contribution in [3.63, 3.8) is 0 Å². The lowest BCUT2D eigenvalue weighted by atomic mass is 10.1. The van der Waals surface area contributed by atoms with E-state index in [1.54, 1.807) is 11.0 Å². The van der Waals surface area contributed by atoms with E-state index in [4.69, 9.17) is 9.63 Å². The second kappa shape index (κ2) is 6.24. The second-order valence-corrected chi connectivity index (χ2v) is 5.83. The Morgan fingerprint density at radius 1 is 1.35 bits per heavy atom. The van der Waals surface area contributed by atoms with Crippen LogP contribution in [0.3, 0.4) is 0 Å². The van der Waals surface area contributed by atoms with Crippen molar-refractivity contribution >= 4 is 11.9 Å². The van der Waals surface area contributed by atoms with Gasteiger partial charge < -0.3 is 14.5 Å². The number of hydrogen-bond acceptors (Lipinski definition) is 4. The van der Waals surface area contributed by atoms with E-state index < -0.39 is 5.97 Å². The molecule has 1 unspecified atom stereocenters. The maximum atomic E-state index is 12.5. The zero-order chi connectivity index (χ0) is 16.4. The Morgan fingerprint density at radius 2 is 2.09 bits per heavy atom. The van der Waals surface area contributed by atoms with Gasteiger partial charge in [-0.25, -0.2) is 0 Å². The van der Waals surface area contributed by atoms with Crippen LogP contribution in [0.25, 0.3) is 11.3 Å². The monoisotopic (exact) mass is 314 g/mol. The van der Waals surface area contributed by atoms with E-state index >= 15 is 0 Å². The van der Waals surface area contributed by atoms with E-state index in [0.29, 0.717) is 18.7 Å².